The molecule has 3 heteroatoms. The molecule has 13 heavy (non-hydrogen) atoms. The summed E-state index contributed by atoms with van der Waals surface area (Å²) in [7, 11) is 0. The smallest absolute Gasteiger partial charge is 0.160 e. The number of aromatic hydroxyl groups is 1. The van der Waals surface area contributed by atoms with Crippen molar-refractivity contribution in [2.45, 2.75) is 20.4 Å². The Kier molecular flexibility index (Phi) is 2.68. The molecule has 0 spiro atoms. The molecule has 0 fully saturated rings. The number of ketones is 1. The van der Waals surface area contributed by atoms with E-state index in [1.807, 2.05) is 0 Å². The molecular formula is C10H13NO2. The molecule has 1 rings (SSSR count). The van der Waals surface area contributed by atoms with Gasteiger partial charge in [0.05, 0.1) is 0 Å². The van der Waals surface area contributed by atoms with Crippen LogP contribution in [-0.2, 0) is 6.54 Å². The molecule has 0 aliphatic carbocycles. The van der Waals surface area contributed by atoms with Crippen molar-refractivity contribution in [3.8, 4) is 5.75 Å². The van der Waals surface area contributed by atoms with Crippen LogP contribution in [0.1, 0.15) is 28.4 Å². The first-order valence-corrected chi connectivity index (χ1v) is 4.10. The molecule has 0 radical (unpaired) electrons. The summed E-state index contributed by atoms with van der Waals surface area (Å²) in [6.45, 7) is 3.52. The zero-order chi connectivity index (χ0) is 10.0. The molecule has 70 valence electrons. The van der Waals surface area contributed by atoms with E-state index in [9.17, 15) is 9.90 Å². The van der Waals surface area contributed by atoms with E-state index < -0.39 is 0 Å². The summed E-state index contributed by atoms with van der Waals surface area (Å²) in [6, 6.07) is 3.12. The Bertz CT molecular complexity index is 345. The quantitative estimate of drug-likeness (QED) is 0.674. The van der Waals surface area contributed by atoms with Gasteiger partial charge in [-0.2, -0.15) is 0 Å². The van der Waals surface area contributed by atoms with Crippen molar-refractivity contribution in [2.24, 2.45) is 5.73 Å². The van der Waals surface area contributed by atoms with Crippen LogP contribution in [0, 0.1) is 6.92 Å². The van der Waals surface area contributed by atoms with Crippen molar-refractivity contribution in [3.63, 3.8) is 0 Å². The number of benzene rings is 1. The molecule has 0 atom stereocenters. The third kappa shape index (κ3) is 1.70. The normalized spacial score (nSPS) is 10.1. The van der Waals surface area contributed by atoms with Crippen LogP contribution in [0.2, 0.25) is 0 Å². The number of Topliss-reactive ketones (excluding diaryl/α,β-unsaturated/α-hetero) is 1. The first kappa shape index (κ1) is 9.74. The lowest BCUT2D eigenvalue weighted by atomic mass is 9.99. The SMILES string of the molecule is CC(=O)c1ccc(O)c(C)c1CN. The topological polar surface area (TPSA) is 63.3 Å². The first-order chi connectivity index (χ1) is 6.07. The highest BCUT2D eigenvalue weighted by atomic mass is 16.3. The highest BCUT2D eigenvalue weighted by Crippen LogP contribution is 2.23. The highest BCUT2D eigenvalue weighted by molar-refractivity contribution is 5.96. The van der Waals surface area contributed by atoms with Gasteiger partial charge >= 0.3 is 0 Å². The van der Waals surface area contributed by atoms with Gasteiger partial charge in [0.2, 0.25) is 0 Å². The molecule has 0 bridgehead atoms. The summed E-state index contributed by atoms with van der Waals surface area (Å²) in [6.07, 6.45) is 0. The second-order valence-electron chi connectivity index (χ2n) is 3.00. The fourth-order valence-electron chi connectivity index (χ4n) is 1.34. The molecule has 0 heterocycles. The average molecular weight is 179 g/mol. The zero-order valence-corrected chi connectivity index (χ0v) is 7.79. The van der Waals surface area contributed by atoms with E-state index in [2.05, 4.69) is 0 Å². The number of hydrogen-bond donors (Lipinski definition) is 2. The van der Waals surface area contributed by atoms with Crippen LogP contribution in [0.4, 0.5) is 0 Å². The van der Waals surface area contributed by atoms with Gasteiger partial charge in [-0.1, -0.05) is 0 Å². The third-order valence-corrected chi connectivity index (χ3v) is 2.15. The van der Waals surface area contributed by atoms with Crippen molar-refractivity contribution >= 4 is 5.78 Å². The molecule has 1 aromatic carbocycles. The summed E-state index contributed by atoms with van der Waals surface area (Å²) in [5.74, 6) is 0.161. The number of nitrogens with two attached hydrogens (primary N) is 1. The Morgan fingerprint density at radius 2 is 2.15 bits per heavy atom. The average Bonchev–Trinajstić information content (AvgIpc) is 2.09. The number of hydrogen-bond acceptors (Lipinski definition) is 3. The summed E-state index contributed by atoms with van der Waals surface area (Å²) in [5.41, 5.74) is 7.51. The van der Waals surface area contributed by atoms with Crippen LogP contribution in [0.15, 0.2) is 12.1 Å². The minimum Gasteiger partial charge on any atom is -0.508 e. The van der Waals surface area contributed by atoms with Crippen LogP contribution >= 0.6 is 0 Å². The number of phenols is 1. The fraction of sp³-hybridized carbons (Fsp3) is 0.300. The van der Waals surface area contributed by atoms with E-state index in [0.717, 1.165) is 5.56 Å². The largest absolute Gasteiger partial charge is 0.508 e. The van der Waals surface area contributed by atoms with Crippen LogP contribution in [0.3, 0.4) is 0 Å². The molecular weight excluding hydrogens is 166 g/mol. The van der Waals surface area contributed by atoms with Gasteiger partial charge in [0, 0.05) is 12.1 Å². The summed E-state index contributed by atoms with van der Waals surface area (Å²) in [4.78, 5) is 11.2. The van der Waals surface area contributed by atoms with Gasteiger partial charge in [-0.3, -0.25) is 4.79 Å². The maximum atomic E-state index is 11.2. The van der Waals surface area contributed by atoms with E-state index >= 15 is 0 Å². The molecule has 0 saturated heterocycles. The maximum absolute atomic E-state index is 11.2. The van der Waals surface area contributed by atoms with Crippen LogP contribution < -0.4 is 5.73 Å². The monoisotopic (exact) mass is 179 g/mol. The van der Waals surface area contributed by atoms with E-state index in [-0.39, 0.29) is 18.1 Å². The molecule has 0 unspecified atom stereocenters. The second kappa shape index (κ2) is 3.58. The maximum Gasteiger partial charge on any atom is 0.160 e. The van der Waals surface area contributed by atoms with Crippen molar-refractivity contribution < 1.29 is 9.90 Å². The molecule has 0 aliphatic heterocycles. The van der Waals surface area contributed by atoms with E-state index in [1.165, 1.54) is 13.0 Å². The lowest BCUT2D eigenvalue weighted by molar-refractivity contribution is 0.101. The standard InChI is InChI=1S/C10H13NO2/c1-6-9(5-11)8(7(2)12)3-4-10(6)13/h3-4,13H,5,11H2,1-2H3. The summed E-state index contributed by atoms with van der Waals surface area (Å²) >= 11 is 0. The predicted molar refractivity (Wildman–Crippen MR) is 50.7 cm³/mol. The minimum atomic E-state index is -0.0245. The molecule has 1 aromatic rings. The van der Waals surface area contributed by atoms with Gasteiger partial charge in [0.1, 0.15) is 5.75 Å². The number of carbonyl (C=O) groups is 1. The van der Waals surface area contributed by atoms with Gasteiger partial charge in [0.15, 0.2) is 5.78 Å². The Balaban J connectivity index is 3.38. The minimum absolute atomic E-state index is 0.0245. The van der Waals surface area contributed by atoms with Gasteiger partial charge in [-0.05, 0) is 37.1 Å². The highest BCUT2D eigenvalue weighted by Gasteiger charge is 2.10. The summed E-state index contributed by atoms with van der Waals surface area (Å²) < 4.78 is 0. The van der Waals surface area contributed by atoms with E-state index in [0.29, 0.717) is 11.1 Å². The lowest BCUT2D eigenvalue weighted by Gasteiger charge is -2.09. The second-order valence-corrected chi connectivity index (χ2v) is 3.00. The molecule has 0 amide bonds. The van der Waals surface area contributed by atoms with Crippen molar-refractivity contribution in [1.29, 1.82) is 0 Å². The Labute approximate surface area is 77.2 Å². The van der Waals surface area contributed by atoms with Gasteiger partial charge in [-0.15, -0.1) is 0 Å². The van der Waals surface area contributed by atoms with Gasteiger partial charge in [-0.25, -0.2) is 0 Å². The van der Waals surface area contributed by atoms with Gasteiger partial charge in [0.25, 0.3) is 0 Å². The first-order valence-electron chi connectivity index (χ1n) is 4.10. The number of carbonyl (C=O) groups excluding carboxylic acids is 1. The molecule has 0 saturated carbocycles. The Morgan fingerprint density at radius 1 is 1.54 bits per heavy atom. The molecule has 3 nitrogen and oxygen atoms in total. The predicted octanol–water partition coefficient (Wildman–Crippen LogP) is 1.36. The molecule has 0 aromatic heterocycles. The fourth-order valence-corrected chi connectivity index (χ4v) is 1.34. The Morgan fingerprint density at radius 3 is 2.62 bits per heavy atom. The Hall–Kier alpha value is -1.35. The molecule has 3 N–H and O–H groups in total. The van der Waals surface area contributed by atoms with Crippen molar-refractivity contribution in [3.05, 3.63) is 28.8 Å². The summed E-state index contributed by atoms with van der Waals surface area (Å²) in [5, 5.41) is 9.37. The molecule has 0 aliphatic rings. The number of rotatable bonds is 2. The third-order valence-electron chi connectivity index (χ3n) is 2.15. The van der Waals surface area contributed by atoms with Crippen LogP contribution in [0.25, 0.3) is 0 Å². The van der Waals surface area contributed by atoms with E-state index in [1.54, 1.807) is 13.0 Å². The lowest BCUT2D eigenvalue weighted by Crippen LogP contribution is -2.07. The zero-order valence-electron chi connectivity index (χ0n) is 7.79. The van der Waals surface area contributed by atoms with Crippen LogP contribution in [-0.4, -0.2) is 10.9 Å². The van der Waals surface area contributed by atoms with E-state index in [4.69, 9.17) is 5.73 Å². The van der Waals surface area contributed by atoms with Crippen molar-refractivity contribution in [2.75, 3.05) is 0 Å². The van der Waals surface area contributed by atoms with Crippen LogP contribution in [0.5, 0.6) is 5.75 Å². The van der Waals surface area contributed by atoms with Gasteiger partial charge < -0.3 is 10.8 Å². The van der Waals surface area contributed by atoms with Crippen molar-refractivity contribution in [1.82, 2.24) is 0 Å². The number of phenolic OH excluding ortho intramolecular Hbond substituents is 1.